The molecule has 0 fully saturated rings. The molecule has 62 valence electrons. The van der Waals surface area contributed by atoms with E-state index in [2.05, 4.69) is 0 Å². The van der Waals surface area contributed by atoms with Gasteiger partial charge in [-0.25, -0.2) is 4.79 Å². The molecule has 0 radical (unpaired) electrons. The average molecular weight is 157 g/mol. The number of carbonyl (C=O) groups excluding carboxylic acids is 1. The van der Waals surface area contributed by atoms with Gasteiger partial charge in [0.15, 0.2) is 0 Å². The fourth-order valence-corrected chi connectivity index (χ4v) is 0.600. The van der Waals surface area contributed by atoms with E-state index >= 15 is 0 Å². The zero-order chi connectivity index (χ0) is 9.02. The molecule has 0 bridgehead atoms. The van der Waals surface area contributed by atoms with Crippen molar-refractivity contribution < 1.29 is 14.7 Å². The molecule has 0 rings (SSSR count). The number of rotatable bonds is 2. The maximum atomic E-state index is 11.0. The Labute approximate surface area is 65.1 Å². The van der Waals surface area contributed by atoms with E-state index in [9.17, 15) is 9.59 Å². The second-order valence-corrected chi connectivity index (χ2v) is 2.37. The minimum atomic E-state index is -1.10. The molecule has 1 N–H and O–H groups in total. The molecule has 0 aliphatic carbocycles. The standard InChI is InChI=1S/C7H11NO3/c1-5(4-6(9)10)7(11)8(2)3/h4H,1-3H3,(H,9,10)/b5-4+. The molecular weight excluding hydrogens is 146 g/mol. The van der Waals surface area contributed by atoms with Crippen LogP contribution in [0.4, 0.5) is 0 Å². The second-order valence-electron chi connectivity index (χ2n) is 2.37. The van der Waals surface area contributed by atoms with Gasteiger partial charge < -0.3 is 10.0 Å². The normalized spacial score (nSPS) is 11.0. The molecule has 0 heterocycles. The lowest BCUT2D eigenvalue weighted by atomic mass is 10.2. The first-order valence-electron chi connectivity index (χ1n) is 3.08. The number of hydrogen-bond acceptors (Lipinski definition) is 2. The van der Waals surface area contributed by atoms with Crippen molar-refractivity contribution in [3.05, 3.63) is 11.6 Å². The minimum absolute atomic E-state index is 0.225. The van der Waals surface area contributed by atoms with Gasteiger partial charge >= 0.3 is 5.97 Å². The van der Waals surface area contributed by atoms with E-state index in [4.69, 9.17) is 5.11 Å². The highest BCUT2D eigenvalue weighted by atomic mass is 16.4. The maximum Gasteiger partial charge on any atom is 0.328 e. The fraction of sp³-hybridized carbons (Fsp3) is 0.429. The van der Waals surface area contributed by atoms with E-state index in [-0.39, 0.29) is 11.5 Å². The highest BCUT2D eigenvalue weighted by molar-refractivity contribution is 5.98. The summed E-state index contributed by atoms with van der Waals surface area (Å²) >= 11 is 0. The molecule has 0 aromatic rings. The molecule has 0 aromatic carbocycles. The van der Waals surface area contributed by atoms with E-state index < -0.39 is 5.97 Å². The molecule has 0 aliphatic rings. The van der Waals surface area contributed by atoms with Crippen LogP contribution >= 0.6 is 0 Å². The number of hydrogen-bond donors (Lipinski definition) is 1. The van der Waals surface area contributed by atoms with Gasteiger partial charge in [0.2, 0.25) is 5.91 Å². The van der Waals surface area contributed by atoms with Crippen LogP contribution in [0.15, 0.2) is 11.6 Å². The van der Waals surface area contributed by atoms with Gasteiger partial charge in [0, 0.05) is 25.7 Å². The lowest BCUT2D eigenvalue weighted by Gasteiger charge is -2.08. The van der Waals surface area contributed by atoms with Gasteiger partial charge in [0.05, 0.1) is 0 Å². The Bertz CT molecular complexity index is 206. The summed E-state index contributed by atoms with van der Waals surface area (Å²) in [5.41, 5.74) is 0.225. The zero-order valence-electron chi connectivity index (χ0n) is 6.79. The third-order valence-electron chi connectivity index (χ3n) is 1.08. The molecule has 0 saturated carbocycles. The summed E-state index contributed by atoms with van der Waals surface area (Å²) in [4.78, 5) is 22.4. The summed E-state index contributed by atoms with van der Waals surface area (Å²) in [6.07, 6.45) is 0.891. The Kier molecular flexibility index (Phi) is 3.30. The highest BCUT2D eigenvalue weighted by Crippen LogP contribution is 1.95. The van der Waals surface area contributed by atoms with Crippen LogP contribution in [-0.2, 0) is 9.59 Å². The lowest BCUT2D eigenvalue weighted by molar-refractivity contribution is -0.132. The van der Waals surface area contributed by atoms with Crippen molar-refractivity contribution in [2.75, 3.05) is 14.1 Å². The number of carboxylic acids is 1. The number of carbonyl (C=O) groups is 2. The van der Waals surface area contributed by atoms with E-state index in [0.717, 1.165) is 6.08 Å². The van der Waals surface area contributed by atoms with Crippen molar-refractivity contribution in [2.45, 2.75) is 6.92 Å². The van der Waals surface area contributed by atoms with Crippen LogP contribution in [0.25, 0.3) is 0 Å². The summed E-state index contributed by atoms with van der Waals surface area (Å²) in [5.74, 6) is -1.38. The number of aliphatic carboxylic acids is 1. The Morgan fingerprint density at radius 3 is 2.09 bits per heavy atom. The summed E-state index contributed by atoms with van der Waals surface area (Å²) in [6, 6.07) is 0. The smallest absolute Gasteiger partial charge is 0.328 e. The second kappa shape index (κ2) is 3.75. The number of nitrogens with zero attached hydrogens (tertiary/aromatic N) is 1. The van der Waals surface area contributed by atoms with Gasteiger partial charge in [0.1, 0.15) is 0 Å². The summed E-state index contributed by atoms with van der Waals surface area (Å²) in [6.45, 7) is 1.47. The first kappa shape index (κ1) is 9.68. The van der Waals surface area contributed by atoms with E-state index in [1.807, 2.05) is 0 Å². The quantitative estimate of drug-likeness (QED) is 0.578. The third-order valence-corrected chi connectivity index (χ3v) is 1.08. The van der Waals surface area contributed by atoms with Crippen molar-refractivity contribution in [3.63, 3.8) is 0 Å². The molecule has 0 atom stereocenters. The first-order valence-corrected chi connectivity index (χ1v) is 3.08. The van der Waals surface area contributed by atoms with Crippen LogP contribution in [0.3, 0.4) is 0 Å². The van der Waals surface area contributed by atoms with Crippen LogP contribution in [0, 0.1) is 0 Å². The molecule has 0 spiro atoms. The molecule has 0 saturated heterocycles. The van der Waals surface area contributed by atoms with E-state index in [1.54, 1.807) is 14.1 Å². The van der Waals surface area contributed by atoms with Gasteiger partial charge in [-0.3, -0.25) is 4.79 Å². The van der Waals surface area contributed by atoms with Gasteiger partial charge in [-0.15, -0.1) is 0 Å². The maximum absolute atomic E-state index is 11.0. The van der Waals surface area contributed by atoms with Gasteiger partial charge in [0.25, 0.3) is 0 Å². The first-order chi connectivity index (χ1) is 4.95. The van der Waals surface area contributed by atoms with Gasteiger partial charge in [-0.2, -0.15) is 0 Å². The minimum Gasteiger partial charge on any atom is -0.478 e. The van der Waals surface area contributed by atoms with Crippen molar-refractivity contribution in [3.8, 4) is 0 Å². The van der Waals surface area contributed by atoms with Crippen LogP contribution in [0.5, 0.6) is 0 Å². The SMILES string of the molecule is C/C(=C\C(=O)O)C(=O)N(C)C. The number of carboxylic acid groups (broad SMARTS) is 1. The molecule has 4 nitrogen and oxygen atoms in total. The van der Waals surface area contributed by atoms with Gasteiger partial charge in [-0.05, 0) is 6.92 Å². The largest absolute Gasteiger partial charge is 0.478 e. The zero-order valence-corrected chi connectivity index (χ0v) is 6.79. The van der Waals surface area contributed by atoms with E-state index in [1.165, 1.54) is 11.8 Å². The Morgan fingerprint density at radius 2 is 1.82 bits per heavy atom. The fourth-order valence-electron chi connectivity index (χ4n) is 0.600. The third kappa shape index (κ3) is 3.40. The molecule has 1 amide bonds. The molecule has 11 heavy (non-hydrogen) atoms. The Hall–Kier alpha value is -1.32. The molecule has 0 aliphatic heterocycles. The monoisotopic (exact) mass is 157 g/mol. The molecule has 0 unspecified atom stereocenters. The lowest BCUT2D eigenvalue weighted by Crippen LogP contribution is -2.22. The number of likely N-dealkylation sites (N-methyl/N-ethyl adjacent to an activating group) is 1. The molecule has 0 aromatic heterocycles. The van der Waals surface area contributed by atoms with Crippen molar-refractivity contribution in [1.82, 2.24) is 4.90 Å². The van der Waals surface area contributed by atoms with E-state index in [0.29, 0.717) is 0 Å². The topological polar surface area (TPSA) is 57.6 Å². The van der Waals surface area contributed by atoms with Crippen LogP contribution in [-0.4, -0.2) is 36.0 Å². The predicted octanol–water partition coefficient (Wildman–Crippen LogP) is 0.105. The van der Waals surface area contributed by atoms with Crippen LogP contribution in [0.1, 0.15) is 6.92 Å². The molecule has 4 heteroatoms. The van der Waals surface area contributed by atoms with Crippen molar-refractivity contribution >= 4 is 11.9 Å². The van der Waals surface area contributed by atoms with Gasteiger partial charge in [-0.1, -0.05) is 0 Å². The number of amides is 1. The Morgan fingerprint density at radius 1 is 1.36 bits per heavy atom. The van der Waals surface area contributed by atoms with Crippen molar-refractivity contribution in [1.29, 1.82) is 0 Å². The molecular formula is C7H11NO3. The highest BCUT2D eigenvalue weighted by Gasteiger charge is 2.06. The van der Waals surface area contributed by atoms with Crippen LogP contribution < -0.4 is 0 Å². The Balaban J connectivity index is 4.36. The predicted molar refractivity (Wildman–Crippen MR) is 40.1 cm³/mol. The summed E-state index contributed by atoms with van der Waals surface area (Å²) < 4.78 is 0. The van der Waals surface area contributed by atoms with Crippen molar-refractivity contribution in [2.24, 2.45) is 0 Å². The van der Waals surface area contributed by atoms with Crippen LogP contribution in [0.2, 0.25) is 0 Å². The average Bonchev–Trinajstić information content (AvgIpc) is 1.84. The summed E-state index contributed by atoms with van der Waals surface area (Å²) in [5, 5.41) is 8.27. The summed E-state index contributed by atoms with van der Waals surface area (Å²) in [7, 11) is 3.14.